The SMILES string of the molecule is CC1(C(=O)Nc2ccc(-c3ccccc3S(N)(=O)=O)cn2)CC(c2cccc(C(N)=[NH2+])c2)=NO1.O=C([O-])C(F)(F)F. The van der Waals surface area contributed by atoms with Crippen LogP contribution in [0.25, 0.3) is 11.1 Å². The maximum Gasteiger partial charge on any atom is 0.430 e. The maximum atomic E-state index is 12.9. The Kier molecular flexibility index (Phi) is 8.78. The number of nitrogens with one attached hydrogen (secondary N) is 1. The Labute approximate surface area is 231 Å². The quantitative estimate of drug-likeness (QED) is 0.219. The van der Waals surface area contributed by atoms with Crippen molar-refractivity contribution in [2.45, 2.75) is 30.0 Å². The van der Waals surface area contributed by atoms with Crippen molar-refractivity contribution in [1.82, 2.24) is 4.98 Å². The number of carboxylic acid groups (broad SMARTS) is 1. The third kappa shape index (κ3) is 7.64. The van der Waals surface area contributed by atoms with Gasteiger partial charge in [0.15, 0.2) is 0 Å². The van der Waals surface area contributed by atoms with Crippen LogP contribution in [0.1, 0.15) is 24.5 Å². The number of amides is 1. The van der Waals surface area contributed by atoms with Gasteiger partial charge in [-0.3, -0.25) is 15.9 Å². The number of hydrogen-bond donors (Lipinski definition) is 4. The van der Waals surface area contributed by atoms with E-state index in [1.165, 1.54) is 12.3 Å². The average Bonchev–Trinajstić information content (AvgIpc) is 3.32. The minimum absolute atomic E-state index is 0.0109. The lowest BCUT2D eigenvalue weighted by molar-refractivity contribution is -0.344. The molecule has 2 aromatic carbocycles. The predicted molar refractivity (Wildman–Crippen MR) is 138 cm³/mol. The van der Waals surface area contributed by atoms with E-state index in [0.717, 1.165) is 5.56 Å². The molecule has 41 heavy (non-hydrogen) atoms. The van der Waals surface area contributed by atoms with E-state index in [0.29, 0.717) is 22.4 Å². The highest BCUT2D eigenvalue weighted by Gasteiger charge is 2.42. The van der Waals surface area contributed by atoms with Crippen LogP contribution in [0.5, 0.6) is 0 Å². The largest absolute Gasteiger partial charge is 0.542 e. The molecule has 1 aromatic heterocycles. The summed E-state index contributed by atoms with van der Waals surface area (Å²) < 4.78 is 55.3. The number of halogens is 3. The number of sulfonamides is 1. The molecule has 0 fully saturated rings. The van der Waals surface area contributed by atoms with Crippen LogP contribution in [0.3, 0.4) is 0 Å². The van der Waals surface area contributed by atoms with Gasteiger partial charge < -0.3 is 20.1 Å². The highest BCUT2D eigenvalue weighted by Crippen LogP contribution is 2.29. The van der Waals surface area contributed by atoms with Gasteiger partial charge in [-0.15, -0.1) is 0 Å². The van der Waals surface area contributed by atoms with Crippen molar-refractivity contribution in [3.05, 3.63) is 78.0 Å². The molecular formula is C25H23F3N6O6S. The lowest BCUT2D eigenvalue weighted by Gasteiger charge is -2.20. The molecule has 0 aliphatic carbocycles. The normalized spacial score (nSPS) is 16.5. The summed E-state index contributed by atoms with van der Waals surface area (Å²) in [6.45, 7) is 1.63. The summed E-state index contributed by atoms with van der Waals surface area (Å²) in [5, 5.41) is 26.6. The number of oxime groups is 1. The smallest absolute Gasteiger partial charge is 0.430 e. The molecular weight excluding hydrogens is 569 g/mol. The Hall–Kier alpha value is -4.83. The van der Waals surface area contributed by atoms with E-state index in [9.17, 15) is 26.4 Å². The number of primary sulfonamides is 1. The van der Waals surface area contributed by atoms with E-state index in [1.807, 2.05) is 6.07 Å². The zero-order valence-corrected chi connectivity index (χ0v) is 22.0. The van der Waals surface area contributed by atoms with Crippen molar-refractivity contribution >= 4 is 39.3 Å². The Morgan fingerprint density at radius 2 is 1.76 bits per heavy atom. The number of rotatable bonds is 6. The summed E-state index contributed by atoms with van der Waals surface area (Å²) in [4.78, 5) is 31.4. The van der Waals surface area contributed by atoms with Gasteiger partial charge in [-0.1, -0.05) is 35.5 Å². The van der Waals surface area contributed by atoms with Crippen molar-refractivity contribution in [3.63, 3.8) is 0 Å². The van der Waals surface area contributed by atoms with Crippen LogP contribution in [-0.2, 0) is 24.4 Å². The van der Waals surface area contributed by atoms with Gasteiger partial charge in [0.1, 0.15) is 11.8 Å². The minimum atomic E-state index is -5.19. The van der Waals surface area contributed by atoms with E-state index in [-0.39, 0.29) is 23.0 Å². The van der Waals surface area contributed by atoms with Crippen molar-refractivity contribution < 1.29 is 46.5 Å². The molecule has 216 valence electrons. The minimum Gasteiger partial charge on any atom is -0.542 e. The first-order valence-electron chi connectivity index (χ1n) is 11.4. The molecule has 1 aliphatic heterocycles. The van der Waals surface area contributed by atoms with Gasteiger partial charge in [0.25, 0.3) is 11.7 Å². The van der Waals surface area contributed by atoms with Gasteiger partial charge in [-0.2, -0.15) is 13.2 Å². The molecule has 4 rings (SSSR count). The van der Waals surface area contributed by atoms with Gasteiger partial charge in [-0.25, -0.2) is 18.5 Å². The Bertz CT molecular complexity index is 1630. The molecule has 16 heteroatoms. The Morgan fingerprint density at radius 1 is 1.10 bits per heavy atom. The number of anilines is 1. The Balaban J connectivity index is 0.000000587. The van der Waals surface area contributed by atoms with E-state index >= 15 is 0 Å². The number of carbonyl (C=O) groups is 2. The van der Waals surface area contributed by atoms with Gasteiger partial charge in [0.2, 0.25) is 15.6 Å². The first kappa shape index (κ1) is 30.7. The van der Waals surface area contributed by atoms with E-state index in [4.69, 9.17) is 31.0 Å². The second-order valence-corrected chi connectivity index (χ2v) is 10.3. The summed E-state index contributed by atoms with van der Waals surface area (Å²) in [6.07, 6.45) is -3.51. The standard InChI is InChI=1S/C23H22N6O4S.C2HF3O2/c1-23(12-18(29-33-23)14-5-4-6-15(11-14)21(24)25)22(30)28-20-10-9-16(13-27-20)17-7-2-3-8-19(17)34(26,31)32;3-2(4,5)1(6)7/h2-11,13H,12H2,1H3,(H3,24,25)(H2,26,31,32)(H,27,28,30);(H,6,7). The number of amidine groups is 1. The fourth-order valence-corrected chi connectivity index (χ4v) is 4.28. The van der Waals surface area contributed by atoms with Crippen LogP contribution >= 0.6 is 0 Å². The van der Waals surface area contributed by atoms with Crippen LogP contribution in [0.2, 0.25) is 0 Å². The van der Waals surface area contributed by atoms with Crippen molar-refractivity contribution in [3.8, 4) is 11.1 Å². The van der Waals surface area contributed by atoms with Crippen LogP contribution in [-0.4, -0.2) is 48.6 Å². The number of pyridine rings is 1. The molecule has 1 atom stereocenters. The van der Waals surface area contributed by atoms with Crippen LogP contribution < -0.4 is 26.7 Å². The molecule has 7 N–H and O–H groups in total. The Morgan fingerprint density at radius 3 is 2.32 bits per heavy atom. The van der Waals surface area contributed by atoms with Gasteiger partial charge >= 0.3 is 6.18 Å². The number of aromatic nitrogens is 1. The van der Waals surface area contributed by atoms with Crippen molar-refractivity contribution in [2.75, 3.05) is 5.32 Å². The number of nitrogens with zero attached hydrogens (tertiary/aromatic N) is 2. The molecule has 12 nitrogen and oxygen atoms in total. The van der Waals surface area contributed by atoms with Gasteiger partial charge in [0, 0.05) is 29.3 Å². The van der Waals surface area contributed by atoms with Crippen molar-refractivity contribution in [2.24, 2.45) is 16.0 Å². The van der Waals surface area contributed by atoms with Crippen LogP contribution in [0.15, 0.2) is 76.9 Å². The first-order chi connectivity index (χ1) is 19.0. The number of carbonyl (C=O) groups excluding carboxylic acids is 2. The number of hydrogen-bond acceptors (Lipinski definition) is 8. The zero-order chi connectivity index (χ0) is 30.6. The lowest BCUT2D eigenvalue weighted by atomic mass is 9.94. The molecule has 2 heterocycles. The van der Waals surface area contributed by atoms with Gasteiger partial charge in [0.05, 0.1) is 16.2 Å². The number of nitrogens with two attached hydrogens (primary N) is 3. The molecule has 1 amide bonds. The topological polar surface area (TPSA) is 215 Å². The van der Waals surface area contributed by atoms with E-state index in [2.05, 4.69) is 15.5 Å². The molecule has 1 unspecified atom stereocenters. The van der Waals surface area contributed by atoms with E-state index < -0.39 is 33.7 Å². The van der Waals surface area contributed by atoms with Gasteiger partial charge in [-0.05, 0) is 37.3 Å². The summed E-state index contributed by atoms with van der Waals surface area (Å²) in [5.74, 6) is -2.99. The predicted octanol–water partition coefficient (Wildman–Crippen LogP) is -0.319. The summed E-state index contributed by atoms with van der Waals surface area (Å²) >= 11 is 0. The third-order valence-electron chi connectivity index (χ3n) is 5.61. The monoisotopic (exact) mass is 592 g/mol. The fraction of sp³-hybridized carbons (Fsp3) is 0.160. The second kappa shape index (κ2) is 11.7. The molecule has 0 saturated heterocycles. The number of carboxylic acids is 1. The third-order valence-corrected chi connectivity index (χ3v) is 6.58. The fourth-order valence-electron chi connectivity index (χ4n) is 3.52. The average molecular weight is 593 g/mol. The van der Waals surface area contributed by atoms with E-state index in [1.54, 1.807) is 55.5 Å². The lowest BCUT2D eigenvalue weighted by Crippen LogP contribution is -2.46. The van der Waals surface area contributed by atoms with Crippen LogP contribution in [0, 0.1) is 0 Å². The maximum absolute atomic E-state index is 12.9. The number of alkyl halides is 3. The van der Waals surface area contributed by atoms with Crippen molar-refractivity contribution in [1.29, 1.82) is 0 Å². The number of aliphatic carboxylic acids is 1. The molecule has 3 aromatic rings. The molecule has 1 aliphatic rings. The van der Waals surface area contributed by atoms with Crippen LogP contribution in [0.4, 0.5) is 19.0 Å². The molecule has 0 saturated carbocycles. The first-order valence-corrected chi connectivity index (χ1v) is 13.0. The summed E-state index contributed by atoms with van der Waals surface area (Å²) in [5.41, 5.74) is 7.36. The number of benzene rings is 2. The highest BCUT2D eigenvalue weighted by atomic mass is 32.2. The molecule has 0 bridgehead atoms. The second-order valence-electron chi connectivity index (χ2n) is 8.79. The summed E-state index contributed by atoms with van der Waals surface area (Å²) in [7, 11) is -3.91. The highest BCUT2D eigenvalue weighted by molar-refractivity contribution is 7.89. The zero-order valence-electron chi connectivity index (χ0n) is 21.2. The molecule has 0 spiro atoms. The summed E-state index contributed by atoms with van der Waals surface area (Å²) in [6, 6.07) is 16.7. The molecule has 0 radical (unpaired) electrons.